The SMILES string of the molecule is CC(C)[C@@H]1CN(c2ncc([N+](=O)[O-])cn2)[C@H]1C(C)C. The quantitative estimate of drug-likeness (QED) is 0.617. The number of hydrogen-bond acceptors (Lipinski definition) is 5. The molecule has 0 aliphatic carbocycles. The van der Waals surface area contributed by atoms with E-state index in [0.717, 1.165) is 6.54 Å². The highest BCUT2D eigenvalue weighted by molar-refractivity contribution is 5.39. The Morgan fingerprint density at radius 2 is 1.84 bits per heavy atom. The van der Waals surface area contributed by atoms with Gasteiger partial charge in [-0.3, -0.25) is 10.1 Å². The Balaban J connectivity index is 2.16. The fourth-order valence-electron chi connectivity index (χ4n) is 2.78. The van der Waals surface area contributed by atoms with Crippen molar-refractivity contribution in [3.63, 3.8) is 0 Å². The molecule has 0 spiro atoms. The van der Waals surface area contributed by atoms with Crippen LogP contribution in [0.3, 0.4) is 0 Å². The van der Waals surface area contributed by atoms with Crippen molar-refractivity contribution in [3.8, 4) is 0 Å². The second kappa shape index (κ2) is 5.11. The van der Waals surface area contributed by atoms with Crippen molar-refractivity contribution in [2.75, 3.05) is 11.4 Å². The lowest BCUT2D eigenvalue weighted by Crippen LogP contribution is -2.61. The van der Waals surface area contributed by atoms with E-state index in [1.165, 1.54) is 12.4 Å². The largest absolute Gasteiger partial charge is 0.337 e. The highest BCUT2D eigenvalue weighted by Gasteiger charge is 2.43. The summed E-state index contributed by atoms with van der Waals surface area (Å²) in [6.45, 7) is 9.77. The normalized spacial score (nSPS) is 22.7. The first kappa shape index (κ1) is 13.7. The third kappa shape index (κ3) is 2.52. The van der Waals surface area contributed by atoms with Crippen LogP contribution in [0.15, 0.2) is 12.4 Å². The molecule has 0 bridgehead atoms. The van der Waals surface area contributed by atoms with Gasteiger partial charge in [-0.05, 0) is 17.8 Å². The van der Waals surface area contributed by atoms with Gasteiger partial charge in [-0.25, -0.2) is 9.97 Å². The summed E-state index contributed by atoms with van der Waals surface area (Å²) in [6.07, 6.45) is 2.56. The zero-order valence-electron chi connectivity index (χ0n) is 11.8. The zero-order valence-corrected chi connectivity index (χ0v) is 11.8. The van der Waals surface area contributed by atoms with Crippen LogP contribution in [-0.2, 0) is 0 Å². The van der Waals surface area contributed by atoms with E-state index in [1.54, 1.807) is 0 Å². The second-order valence-electron chi connectivity index (χ2n) is 5.79. The van der Waals surface area contributed by atoms with Gasteiger partial charge in [0.2, 0.25) is 5.95 Å². The summed E-state index contributed by atoms with van der Waals surface area (Å²) < 4.78 is 0. The van der Waals surface area contributed by atoms with Gasteiger partial charge in [0.05, 0.1) is 4.92 Å². The van der Waals surface area contributed by atoms with E-state index in [2.05, 4.69) is 42.6 Å². The molecule has 1 aromatic heterocycles. The monoisotopic (exact) mass is 264 g/mol. The molecule has 0 radical (unpaired) electrons. The van der Waals surface area contributed by atoms with Gasteiger partial charge in [-0.1, -0.05) is 27.7 Å². The molecule has 0 saturated carbocycles. The molecule has 6 nitrogen and oxygen atoms in total. The number of aromatic nitrogens is 2. The second-order valence-corrected chi connectivity index (χ2v) is 5.79. The molecule has 1 aliphatic rings. The van der Waals surface area contributed by atoms with Gasteiger partial charge in [-0.2, -0.15) is 0 Å². The minimum Gasteiger partial charge on any atom is -0.337 e. The summed E-state index contributed by atoms with van der Waals surface area (Å²) >= 11 is 0. The van der Waals surface area contributed by atoms with Crippen LogP contribution in [0.2, 0.25) is 0 Å². The van der Waals surface area contributed by atoms with Crippen molar-refractivity contribution in [1.29, 1.82) is 0 Å². The first-order chi connectivity index (χ1) is 8.91. The van der Waals surface area contributed by atoms with Crippen LogP contribution in [0.1, 0.15) is 27.7 Å². The average molecular weight is 264 g/mol. The van der Waals surface area contributed by atoms with Crippen LogP contribution < -0.4 is 4.90 Å². The van der Waals surface area contributed by atoms with Crippen LogP contribution in [0.5, 0.6) is 0 Å². The summed E-state index contributed by atoms with van der Waals surface area (Å²) in [6, 6.07) is 0.418. The molecule has 19 heavy (non-hydrogen) atoms. The number of hydrogen-bond donors (Lipinski definition) is 0. The highest BCUT2D eigenvalue weighted by Crippen LogP contribution is 2.37. The summed E-state index contributed by atoms with van der Waals surface area (Å²) in [7, 11) is 0. The van der Waals surface area contributed by atoms with E-state index in [0.29, 0.717) is 29.7 Å². The van der Waals surface area contributed by atoms with Crippen LogP contribution in [0, 0.1) is 27.9 Å². The first-order valence-electron chi connectivity index (χ1n) is 6.65. The molecule has 2 atom stereocenters. The van der Waals surface area contributed by atoms with Crippen molar-refractivity contribution in [2.45, 2.75) is 33.7 Å². The topological polar surface area (TPSA) is 72.2 Å². The van der Waals surface area contributed by atoms with E-state index in [4.69, 9.17) is 0 Å². The van der Waals surface area contributed by atoms with E-state index in [-0.39, 0.29) is 5.69 Å². The van der Waals surface area contributed by atoms with Gasteiger partial charge in [0, 0.05) is 12.6 Å². The van der Waals surface area contributed by atoms with Crippen LogP contribution >= 0.6 is 0 Å². The molecular weight excluding hydrogens is 244 g/mol. The number of anilines is 1. The predicted octanol–water partition coefficient (Wildman–Crippen LogP) is 2.50. The van der Waals surface area contributed by atoms with Crippen molar-refractivity contribution in [3.05, 3.63) is 22.5 Å². The van der Waals surface area contributed by atoms with E-state index in [1.807, 2.05) is 0 Å². The Morgan fingerprint density at radius 3 is 2.26 bits per heavy atom. The summed E-state index contributed by atoms with van der Waals surface area (Å²) in [4.78, 5) is 20.5. The lowest BCUT2D eigenvalue weighted by molar-refractivity contribution is -0.385. The molecular formula is C13H20N4O2. The van der Waals surface area contributed by atoms with Gasteiger partial charge in [-0.15, -0.1) is 0 Å². The summed E-state index contributed by atoms with van der Waals surface area (Å²) in [5, 5.41) is 10.6. The molecule has 2 rings (SSSR count). The number of nitro groups is 1. The van der Waals surface area contributed by atoms with E-state index >= 15 is 0 Å². The van der Waals surface area contributed by atoms with Crippen molar-refractivity contribution >= 4 is 11.6 Å². The standard InChI is InChI=1S/C13H20N4O2/c1-8(2)11-7-16(12(11)9(3)4)13-14-5-10(6-15-13)17(18)19/h5-6,8-9,11-12H,7H2,1-4H3/t11-,12-/m0/s1. The molecule has 1 fully saturated rings. The lowest BCUT2D eigenvalue weighted by atomic mass is 9.75. The molecule has 0 aromatic carbocycles. The first-order valence-corrected chi connectivity index (χ1v) is 6.65. The maximum Gasteiger partial charge on any atom is 0.305 e. The smallest absolute Gasteiger partial charge is 0.305 e. The molecule has 0 N–H and O–H groups in total. The molecule has 1 saturated heterocycles. The predicted molar refractivity (Wildman–Crippen MR) is 73.0 cm³/mol. The van der Waals surface area contributed by atoms with Crippen LogP contribution in [0.4, 0.5) is 11.6 Å². The maximum absolute atomic E-state index is 10.6. The minimum atomic E-state index is -0.475. The summed E-state index contributed by atoms with van der Waals surface area (Å²) in [5.41, 5.74) is -0.0641. The third-order valence-electron chi connectivity index (χ3n) is 3.84. The fourth-order valence-corrected chi connectivity index (χ4v) is 2.78. The number of rotatable bonds is 4. The van der Waals surface area contributed by atoms with Gasteiger partial charge in [0.25, 0.3) is 0 Å². The summed E-state index contributed by atoms with van der Waals surface area (Å²) in [5.74, 6) is 2.38. The van der Waals surface area contributed by atoms with E-state index in [9.17, 15) is 10.1 Å². The van der Waals surface area contributed by atoms with E-state index < -0.39 is 4.92 Å². The molecule has 1 aromatic rings. The molecule has 104 valence electrons. The third-order valence-corrected chi connectivity index (χ3v) is 3.84. The van der Waals surface area contributed by atoms with Crippen molar-refractivity contribution < 1.29 is 4.92 Å². The lowest BCUT2D eigenvalue weighted by Gasteiger charge is -2.52. The van der Waals surface area contributed by atoms with Crippen molar-refractivity contribution in [2.24, 2.45) is 17.8 Å². The molecule has 2 heterocycles. The Labute approximate surface area is 113 Å². The van der Waals surface area contributed by atoms with Gasteiger partial charge < -0.3 is 4.90 Å². The van der Waals surface area contributed by atoms with Gasteiger partial charge >= 0.3 is 5.69 Å². The average Bonchev–Trinajstić information content (AvgIpc) is 2.26. The zero-order chi connectivity index (χ0) is 14.2. The van der Waals surface area contributed by atoms with Crippen LogP contribution in [0.25, 0.3) is 0 Å². The Bertz CT molecular complexity index is 458. The molecule has 1 aliphatic heterocycles. The highest BCUT2D eigenvalue weighted by atomic mass is 16.6. The molecule has 0 unspecified atom stereocenters. The molecule has 0 amide bonds. The molecule has 6 heteroatoms. The number of nitrogens with zero attached hydrogens (tertiary/aromatic N) is 4. The van der Waals surface area contributed by atoms with Crippen molar-refractivity contribution in [1.82, 2.24) is 9.97 Å². The fraction of sp³-hybridized carbons (Fsp3) is 0.692. The van der Waals surface area contributed by atoms with Gasteiger partial charge in [0.15, 0.2) is 0 Å². The van der Waals surface area contributed by atoms with Gasteiger partial charge in [0.1, 0.15) is 12.4 Å². The Morgan fingerprint density at radius 1 is 1.26 bits per heavy atom. The Kier molecular flexibility index (Phi) is 3.68. The minimum absolute atomic E-state index is 0.0641. The Hall–Kier alpha value is -1.72. The van der Waals surface area contributed by atoms with Crippen LogP contribution in [-0.4, -0.2) is 27.5 Å². The maximum atomic E-state index is 10.6.